The highest BCUT2D eigenvalue weighted by Gasteiger charge is 2.17. The van der Waals surface area contributed by atoms with Crippen molar-refractivity contribution in [2.45, 2.75) is 11.1 Å². The Kier molecular flexibility index (Phi) is 5.87. The van der Waals surface area contributed by atoms with E-state index in [1.807, 2.05) is 0 Å². The topological polar surface area (TPSA) is 67.3 Å². The minimum absolute atomic E-state index is 0.0915. The van der Waals surface area contributed by atoms with Gasteiger partial charge in [-0.2, -0.15) is 0 Å². The molecule has 1 atom stereocenters. The molecule has 0 amide bonds. The van der Waals surface area contributed by atoms with Crippen LogP contribution in [0.2, 0.25) is 0 Å². The maximum Gasteiger partial charge on any atom is 0.186 e. The van der Waals surface area contributed by atoms with E-state index >= 15 is 0 Å². The maximum absolute atomic E-state index is 12.5. The Morgan fingerprint density at radius 2 is 1.95 bits per heavy atom. The zero-order valence-corrected chi connectivity index (χ0v) is 14.5. The summed E-state index contributed by atoms with van der Waals surface area (Å²) in [5, 5.41) is -0.0915. The van der Waals surface area contributed by atoms with Crippen molar-refractivity contribution in [2.75, 3.05) is 17.1 Å². The van der Waals surface area contributed by atoms with E-state index in [9.17, 15) is 13.8 Å². The number of thioether (sulfide) groups is 1. The predicted octanol–water partition coefficient (Wildman–Crippen LogP) is 2.76. The van der Waals surface area contributed by atoms with Crippen LogP contribution in [-0.4, -0.2) is 32.9 Å². The van der Waals surface area contributed by atoms with E-state index in [1.165, 1.54) is 18.3 Å². The van der Waals surface area contributed by atoms with Gasteiger partial charge in [0.1, 0.15) is 4.21 Å². The lowest BCUT2D eigenvalue weighted by molar-refractivity contribution is -0.109. The Balaban J connectivity index is 2.09. The highest BCUT2D eigenvalue weighted by molar-refractivity contribution is 8.14. The van der Waals surface area contributed by atoms with Gasteiger partial charge in [0.05, 0.1) is 16.3 Å². The lowest BCUT2D eigenvalue weighted by Crippen LogP contribution is -2.19. The highest BCUT2D eigenvalue weighted by Crippen LogP contribution is 2.25. The molecule has 0 fully saturated rings. The summed E-state index contributed by atoms with van der Waals surface area (Å²) in [7, 11) is 0.331. The molecular weight excluding hydrogens is 340 g/mol. The zero-order chi connectivity index (χ0) is 16.1. The largest absolute Gasteiger partial charge is 0.292 e. The van der Waals surface area contributed by atoms with E-state index in [0.29, 0.717) is 9.09 Å². The van der Waals surface area contributed by atoms with Gasteiger partial charge >= 0.3 is 0 Å². The van der Waals surface area contributed by atoms with Crippen LogP contribution in [0.4, 0.5) is 5.69 Å². The molecule has 2 aromatic rings. The summed E-state index contributed by atoms with van der Waals surface area (Å²) in [5.41, 5.74) is 0.779. The minimum Gasteiger partial charge on any atom is -0.292 e. The van der Waals surface area contributed by atoms with E-state index in [0.717, 1.165) is 17.4 Å². The van der Waals surface area contributed by atoms with Crippen molar-refractivity contribution < 1.29 is 13.8 Å². The standard InChI is InChI=1S/C14H14N2O3S3/c1-10(17)20-9-12(18)13-3-4-14(21-13)22(19)16(2)11-5-7-15-8-6-11/h3-8H,9H2,1-2H3. The summed E-state index contributed by atoms with van der Waals surface area (Å²) < 4.78 is 14.7. The Bertz CT molecular complexity index is 700. The fourth-order valence-corrected chi connectivity index (χ4v) is 4.50. The Labute approximate surface area is 139 Å². The van der Waals surface area contributed by atoms with Crippen LogP contribution in [0.25, 0.3) is 0 Å². The van der Waals surface area contributed by atoms with Gasteiger partial charge in [-0.05, 0) is 24.3 Å². The summed E-state index contributed by atoms with van der Waals surface area (Å²) in [6.07, 6.45) is 3.26. The molecular formula is C14H14N2O3S3. The number of ketones is 1. The summed E-state index contributed by atoms with van der Waals surface area (Å²) in [5.74, 6) is -0.0118. The highest BCUT2D eigenvalue weighted by atomic mass is 32.2. The number of pyridine rings is 1. The van der Waals surface area contributed by atoms with Crippen LogP contribution < -0.4 is 4.31 Å². The number of anilines is 1. The van der Waals surface area contributed by atoms with E-state index in [2.05, 4.69) is 4.98 Å². The molecule has 1 unspecified atom stereocenters. The molecule has 0 aromatic carbocycles. The predicted molar refractivity (Wildman–Crippen MR) is 90.8 cm³/mol. The first kappa shape index (κ1) is 16.9. The first-order valence-electron chi connectivity index (χ1n) is 6.31. The maximum atomic E-state index is 12.5. The van der Waals surface area contributed by atoms with Crippen molar-refractivity contribution in [3.63, 3.8) is 0 Å². The van der Waals surface area contributed by atoms with E-state index in [-0.39, 0.29) is 16.7 Å². The van der Waals surface area contributed by atoms with Crippen molar-refractivity contribution in [1.82, 2.24) is 4.98 Å². The molecule has 2 heterocycles. The number of thiophene rings is 1. The van der Waals surface area contributed by atoms with Crippen LogP contribution in [0.3, 0.4) is 0 Å². The molecule has 22 heavy (non-hydrogen) atoms. The van der Waals surface area contributed by atoms with Crippen molar-refractivity contribution in [1.29, 1.82) is 0 Å². The van der Waals surface area contributed by atoms with Crippen molar-refractivity contribution >= 4 is 50.7 Å². The summed E-state index contributed by atoms with van der Waals surface area (Å²) in [6.45, 7) is 1.43. The fraction of sp³-hybridized carbons (Fsp3) is 0.214. The van der Waals surface area contributed by atoms with Gasteiger partial charge < -0.3 is 0 Å². The number of rotatable bonds is 6. The van der Waals surface area contributed by atoms with Gasteiger partial charge in [0.2, 0.25) is 0 Å². The van der Waals surface area contributed by atoms with Crippen LogP contribution >= 0.6 is 23.1 Å². The number of nitrogens with zero attached hydrogens (tertiary/aromatic N) is 2. The Hall–Kier alpha value is -1.51. The second kappa shape index (κ2) is 7.66. The van der Waals surface area contributed by atoms with Gasteiger partial charge in [-0.15, -0.1) is 11.3 Å². The van der Waals surface area contributed by atoms with Crippen LogP contribution in [-0.2, 0) is 15.8 Å². The van der Waals surface area contributed by atoms with Crippen LogP contribution in [0.15, 0.2) is 40.9 Å². The normalized spacial score (nSPS) is 11.9. The van der Waals surface area contributed by atoms with Crippen molar-refractivity contribution in [3.05, 3.63) is 41.5 Å². The molecule has 0 bridgehead atoms. The quantitative estimate of drug-likeness (QED) is 0.746. The first-order chi connectivity index (χ1) is 10.5. The van der Waals surface area contributed by atoms with Crippen LogP contribution in [0.5, 0.6) is 0 Å². The smallest absolute Gasteiger partial charge is 0.186 e. The SMILES string of the molecule is CC(=O)SCC(=O)c1ccc(S(=O)N(C)c2ccncc2)s1. The average molecular weight is 354 g/mol. The number of aromatic nitrogens is 1. The monoisotopic (exact) mass is 354 g/mol. The molecule has 0 spiro atoms. The second-order valence-corrected chi connectivity index (χ2v) is 8.25. The molecule has 5 nitrogen and oxygen atoms in total. The summed E-state index contributed by atoms with van der Waals surface area (Å²) >= 11 is 2.17. The molecule has 0 radical (unpaired) electrons. The summed E-state index contributed by atoms with van der Waals surface area (Å²) in [6, 6.07) is 6.87. The third-order valence-corrected chi connectivity index (χ3v) is 6.31. The van der Waals surface area contributed by atoms with Gasteiger partial charge in [0, 0.05) is 26.4 Å². The van der Waals surface area contributed by atoms with Gasteiger partial charge in [-0.3, -0.25) is 18.9 Å². The van der Waals surface area contributed by atoms with Crippen LogP contribution in [0, 0.1) is 0 Å². The minimum atomic E-state index is -1.39. The van der Waals surface area contributed by atoms with Crippen molar-refractivity contribution in [3.8, 4) is 0 Å². The second-order valence-electron chi connectivity index (χ2n) is 4.27. The lowest BCUT2D eigenvalue weighted by Gasteiger charge is -2.16. The average Bonchev–Trinajstić information content (AvgIpc) is 3.02. The number of Topliss-reactive ketones (excluding diaryl/α,β-unsaturated/α-hetero) is 1. The lowest BCUT2D eigenvalue weighted by atomic mass is 10.4. The van der Waals surface area contributed by atoms with E-state index < -0.39 is 11.0 Å². The third-order valence-electron chi connectivity index (χ3n) is 2.71. The van der Waals surface area contributed by atoms with E-state index in [4.69, 9.17) is 0 Å². The molecule has 0 aliphatic heterocycles. The molecule has 116 valence electrons. The molecule has 2 rings (SSSR count). The molecule has 8 heteroatoms. The Morgan fingerprint density at radius 3 is 2.59 bits per heavy atom. The Morgan fingerprint density at radius 1 is 1.27 bits per heavy atom. The zero-order valence-electron chi connectivity index (χ0n) is 12.0. The number of hydrogen-bond acceptors (Lipinski definition) is 6. The number of hydrogen-bond donors (Lipinski definition) is 0. The van der Waals surface area contributed by atoms with Gasteiger partial charge in [-0.1, -0.05) is 11.8 Å². The van der Waals surface area contributed by atoms with Gasteiger partial charge in [0.25, 0.3) is 0 Å². The van der Waals surface area contributed by atoms with Gasteiger partial charge in [0.15, 0.2) is 21.9 Å². The van der Waals surface area contributed by atoms with E-state index in [1.54, 1.807) is 48.0 Å². The summed E-state index contributed by atoms with van der Waals surface area (Å²) in [4.78, 5) is 27.3. The molecule has 0 aliphatic rings. The fourth-order valence-electron chi connectivity index (χ4n) is 1.59. The number of carbonyl (C=O) groups is 2. The number of carbonyl (C=O) groups excluding carboxylic acids is 2. The molecule has 0 saturated heterocycles. The van der Waals surface area contributed by atoms with Crippen LogP contribution in [0.1, 0.15) is 16.6 Å². The first-order valence-corrected chi connectivity index (χ1v) is 9.22. The third kappa shape index (κ3) is 4.25. The van der Waals surface area contributed by atoms with Gasteiger partial charge in [-0.25, -0.2) is 4.21 Å². The molecule has 2 aromatic heterocycles. The molecule has 0 N–H and O–H groups in total. The molecule has 0 aliphatic carbocycles. The molecule has 0 saturated carbocycles. The van der Waals surface area contributed by atoms with Crippen molar-refractivity contribution in [2.24, 2.45) is 0 Å².